The summed E-state index contributed by atoms with van der Waals surface area (Å²) in [5.74, 6) is 1.59. The summed E-state index contributed by atoms with van der Waals surface area (Å²) in [6.45, 7) is 2.08. The Morgan fingerprint density at radius 3 is 2.80 bits per heavy atom. The highest BCUT2D eigenvalue weighted by Crippen LogP contribution is 2.08. The van der Waals surface area contributed by atoms with Crippen LogP contribution in [0.15, 0.2) is 8.94 Å². The number of anilines is 1. The van der Waals surface area contributed by atoms with Gasteiger partial charge in [0.25, 0.3) is 0 Å². The van der Waals surface area contributed by atoms with Crippen molar-refractivity contribution < 1.29 is 8.94 Å². The average molecular weight is 230 g/mol. The largest absolute Gasteiger partial charge is 0.407 e. The Hall–Kier alpha value is -1.63. The smallest absolute Gasteiger partial charge is 0.315 e. The predicted molar refractivity (Wildman–Crippen MR) is 50.2 cm³/mol. The summed E-state index contributed by atoms with van der Waals surface area (Å²) < 4.78 is 9.99. The molecular weight excluding hydrogens is 222 g/mol. The molecule has 0 aliphatic rings. The van der Waals surface area contributed by atoms with Gasteiger partial charge in [-0.3, -0.25) is 0 Å². The van der Waals surface area contributed by atoms with Gasteiger partial charge in [-0.2, -0.15) is 4.98 Å². The Kier molecular flexibility index (Phi) is 2.82. The van der Waals surface area contributed by atoms with E-state index in [1.165, 1.54) is 0 Å². The number of rotatable bonds is 4. The Morgan fingerprint density at radius 2 is 2.20 bits per heavy atom. The second-order valence-electron chi connectivity index (χ2n) is 2.72. The molecule has 0 fully saturated rings. The molecule has 0 aliphatic heterocycles. The lowest BCUT2D eigenvalue weighted by atomic mass is 10.6. The number of alkyl halides is 1. The lowest BCUT2D eigenvalue weighted by Crippen LogP contribution is -1.99. The molecule has 2 aromatic heterocycles. The van der Waals surface area contributed by atoms with Crippen molar-refractivity contribution in [1.82, 2.24) is 20.3 Å². The molecule has 0 radical (unpaired) electrons. The van der Waals surface area contributed by atoms with Gasteiger partial charge in [0.05, 0.1) is 6.54 Å². The summed E-state index contributed by atoms with van der Waals surface area (Å²) in [6, 6.07) is 0.279. The van der Waals surface area contributed by atoms with E-state index in [1.54, 1.807) is 6.92 Å². The number of hydrogen-bond donors (Lipinski definition) is 1. The molecule has 80 valence electrons. The molecule has 0 atom stereocenters. The van der Waals surface area contributed by atoms with Crippen molar-refractivity contribution in [3.05, 3.63) is 17.6 Å². The van der Waals surface area contributed by atoms with Gasteiger partial charge in [-0.1, -0.05) is 10.3 Å². The van der Waals surface area contributed by atoms with Crippen LogP contribution in [0.3, 0.4) is 0 Å². The van der Waals surface area contributed by atoms with Crippen LogP contribution >= 0.6 is 11.6 Å². The third-order valence-electron chi connectivity index (χ3n) is 1.54. The Labute approximate surface area is 89.8 Å². The zero-order valence-electron chi connectivity index (χ0n) is 7.90. The van der Waals surface area contributed by atoms with Gasteiger partial charge in [-0.15, -0.1) is 16.7 Å². The second-order valence-corrected chi connectivity index (χ2v) is 2.99. The predicted octanol–water partition coefficient (Wildman–Crippen LogP) is 1.11. The lowest BCUT2D eigenvalue weighted by Gasteiger charge is -1.93. The fraction of sp³-hybridized carbons (Fsp3) is 0.429. The molecule has 0 aliphatic carbocycles. The van der Waals surface area contributed by atoms with Gasteiger partial charge in [0.2, 0.25) is 11.8 Å². The zero-order valence-corrected chi connectivity index (χ0v) is 8.65. The number of nitrogens with one attached hydrogen (secondary N) is 1. The summed E-state index contributed by atoms with van der Waals surface area (Å²) in [6.07, 6.45) is 0. The third-order valence-corrected chi connectivity index (χ3v) is 1.77. The molecule has 0 saturated heterocycles. The van der Waals surface area contributed by atoms with E-state index in [9.17, 15) is 0 Å². The average Bonchev–Trinajstić information content (AvgIpc) is 2.83. The van der Waals surface area contributed by atoms with Crippen LogP contribution in [0.5, 0.6) is 0 Å². The number of nitrogens with zero attached hydrogens (tertiary/aromatic N) is 4. The highest BCUT2D eigenvalue weighted by molar-refractivity contribution is 6.16. The van der Waals surface area contributed by atoms with E-state index < -0.39 is 0 Å². The van der Waals surface area contributed by atoms with Crippen LogP contribution in [0.2, 0.25) is 0 Å². The molecule has 2 heterocycles. The molecule has 0 aromatic carbocycles. The van der Waals surface area contributed by atoms with E-state index in [0.717, 1.165) is 0 Å². The molecule has 8 heteroatoms. The highest BCUT2D eigenvalue weighted by Gasteiger charge is 2.06. The first-order chi connectivity index (χ1) is 7.28. The van der Waals surface area contributed by atoms with Crippen molar-refractivity contribution in [2.45, 2.75) is 19.3 Å². The van der Waals surface area contributed by atoms with Gasteiger partial charge in [0.1, 0.15) is 5.88 Å². The molecule has 0 unspecified atom stereocenters. The summed E-state index contributed by atoms with van der Waals surface area (Å²) in [5.41, 5.74) is 0. The number of aromatic nitrogens is 4. The third kappa shape index (κ3) is 2.44. The van der Waals surface area contributed by atoms with Crippen molar-refractivity contribution in [3.8, 4) is 0 Å². The summed E-state index contributed by atoms with van der Waals surface area (Å²) in [7, 11) is 0. The first-order valence-corrected chi connectivity index (χ1v) is 4.73. The van der Waals surface area contributed by atoms with E-state index in [0.29, 0.717) is 24.2 Å². The maximum absolute atomic E-state index is 5.50. The molecular formula is C7H8ClN5O2. The fourth-order valence-corrected chi connectivity index (χ4v) is 1.05. The molecule has 7 nitrogen and oxygen atoms in total. The summed E-state index contributed by atoms with van der Waals surface area (Å²) in [4.78, 5) is 4.00. The topological polar surface area (TPSA) is 89.9 Å². The maximum Gasteiger partial charge on any atom is 0.315 e. The Balaban J connectivity index is 1.93. The molecule has 2 rings (SSSR count). The molecule has 15 heavy (non-hydrogen) atoms. The van der Waals surface area contributed by atoms with E-state index in [1.807, 2.05) is 0 Å². The normalized spacial score (nSPS) is 10.5. The standard InChI is InChI=1S/C7H8ClN5O2/c1-4-10-6(15-13-4)3-9-7-12-11-5(2-8)14-7/h2-3H2,1H3,(H,9,12). The van der Waals surface area contributed by atoms with Crippen molar-refractivity contribution in [1.29, 1.82) is 0 Å². The quantitative estimate of drug-likeness (QED) is 0.786. The van der Waals surface area contributed by atoms with Crippen molar-refractivity contribution >= 4 is 17.6 Å². The first kappa shape index (κ1) is 9.91. The first-order valence-electron chi connectivity index (χ1n) is 4.19. The van der Waals surface area contributed by atoms with E-state index in [2.05, 4.69) is 25.7 Å². The minimum atomic E-state index is 0.189. The van der Waals surface area contributed by atoms with Crippen LogP contribution < -0.4 is 5.32 Å². The van der Waals surface area contributed by atoms with Gasteiger partial charge in [0.15, 0.2) is 5.82 Å². The Bertz CT molecular complexity index is 440. The molecule has 0 saturated carbocycles. The minimum absolute atomic E-state index is 0.189. The van der Waals surface area contributed by atoms with E-state index in [-0.39, 0.29) is 11.9 Å². The van der Waals surface area contributed by atoms with Crippen LogP contribution in [-0.2, 0) is 12.4 Å². The summed E-state index contributed by atoms with van der Waals surface area (Å²) in [5, 5.41) is 13.9. The molecule has 1 N–H and O–H groups in total. The van der Waals surface area contributed by atoms with Crippen LogP contribution in [0, 0.1) is 6.92 Å². The van der Waals surface area contributed by atoms with Gasteiger partial charge in [0, 0.05) is 0 Å². The number of hydrogen-bond acceptors (Lipinski definition) is 7. The van der Waals surface area contributed by atoms with Crippen molar-refractivity contribution in [2.75, 3.05) is 5.32 Å². The van der Waals surface area contributed by atoms with Gasteiger partial charge in [-0.05, 0) is 6.92 Å². The highest BCUT2D eigenvalue weighted by atomic mass is 35.5. The zero-order chi connectivity index (χ0) is 10.7. The van der Waals surface area contributed by atoms with Crippen LogP contribution in [-0.4, -0.2) is 20.3 Å². The van der Waals surface area contributed by atoms with Gasteiger partial charge >= 0.3 is 6.01 Å². The van der Waals surface area contributed by atoms with Crippen molar-refractivity contribution in [3.63, 3.8) is 0 Å². The van der Waals surface area contributed by atoms with E-state index in [4.69, 9.17) is 20.5 Å². The molecule has 2 aromatic rings. The SMILES string of the molecule is Cc1noc(CNc2nnc(CCl)o2)n1. The number of halogens is 1. The monoisotopic (exact) mass is 229 g/mol. The Morgan fingerprint density at radius 1 is 1.33 bits per heavy atom. The maximum atomic E-state index is 5.50. The molecule has 0 bridgehead atoms. The van der Waals surface area contributed by atoms with Crippen LogP contribution in [0.4, 0.5) is 6.01 Å². The minimum Gasteiger partial charge on any atom is -0.407 e. The number of aryl methyl sites for hydroxylation is 1. The van der Waals surface area contributed by atoms with E-state index >= 15 is 0 Å². The van der Waals surface area contributed by atoms with Crippen molar-refractivity contribution in [2.24, 2.45) is 0 Å². The fourth-order valence-electron chi connectivity index (χ4n) is 0.942. The lowest BCUT2D eigenvalue weighted by molar-refractivity contribution is 0.378. The molecule has 0 amide bonds. The van der Waals surface area contributed by atoms with Crippen LogP contribution in [0.1, 0.15) is 17.6 Å². The van der Waals surface area contributed by atoms with Crippen LogP contribution in [0.25, 0.3) is 0 Å². The molecule has 0 spiro atoms. The van der Waals surface area contributed by atoms with Gasteiger partial charge in [-0.25, -0.2) is 0 Å². The summed E-state index contributed by atoms with van der Waals surface area (Å²) >= 11 is 5.50. The van der Waals surface area contributed by atoms with Gasteiger partial charge < -0.3 is 14.3 Å². The second kappa shape index (κ2) is 4.26.